The van der Waals surface area contributed by atoms with Crippen molar-refractivity contribution in [3.63, 3.8) is 0 Å². The summed E-state index contributed by atoms with van der Waals surface area (Å²) in [5, 5.41) is 10.2. The van der Waals surface area contributed by atoms with Gasteiger partial charge in [-0.15, -0.1) is 0 Å². The van der Waals surface area contributed by atoms with Gasteiger partial charge in [0.1, 0.15) is 11.5 Å². The van der Waals surface area contributed by atoms with Gasteiger partial charge >= 0.3 is 5.97 Å². The van der Waals surface area contributed by atoms with Crippen LogP contribution in [0.15, 0.2) is 54.6 Å². The van der Waals surface area contributed by atoms with Crippen molar-refractivity contribution in [3.8, 4) is 16.9 Å². The quantitative estimate of drug-likeness (QED) is 0.550. The summed E-state index contributed by atoms with van der Waals surface area (Å²) in [7, 11) is 0. The summed E-state index contributed by atoms with van der Waals surface area (Å²) in [6.45, 7) is 6.21. The minimum absolute atomic E-state index is 0.0427. The Balaban J connectivity index is 1.92. The topological polar surface area (TPSA) is 68.0 Å². The number of carboxylic acid groups (broad SMARTS) is 1. The number of rotatable bonds is 4. The van der Waals surface area contributed by atoms with E-state index in [1.54, 1.807) is 6.07 Å². The van der Waals surface area contributed by atoms with Gasteiger partial charge in [-0.3, -0.25) is 0 Å². The Morgan fingerprint density at radius 3 is 2.36 bits per heavy atom. The van der Waals surface area contributed by atoms with Gasteiger partial charge < -0.3 is 9.67 Å². The normalized spacial score (nSPS) is 11.1. The predicted octanol–water partition coefficient (Wildman–Crippen LogP) is 4.96. The number of carbonyl (C=O) groups is 1. The summed E-state index contributed by atoms with van der Waals surface area (Å²) in [4.78, 5) is 20.7. The van der Waals surface area contributed by atoms with Crippen molar-refractivity contribution in [2.24, 2.45) is 0 Å². The van der Waals surface area contributed by atoms with Crippen LogP contribution in [-0.4, -0.2) is 25.6 Å². The van der Waals surface area contributed by atoms with E-state index in [0.29, 0.717) is 5.52 Å². The van der Waals surface area contributed by atoms with E-state index in [2.05, 4.69) is 48.5 Å². The molecule has 0 saturated carbocycles. The number of carboxylic acids is 1. The van der Waals surface area contributed by atoms with Gasteiger partial charge in [0, 0.05) is 27.9 Å². The fourth-order valence-corrected chi connectivity index (χ4v) is 3.64. The SMILES string of the molecule is CCc1nc(-n2c(C)ccc2C)ccc1-c1cccc2ccc(C(=O)O)nc12. The monoisotopic (exact) mass is 371 g/mol. The predicted molar refractivity (Wildman–Crippen MR) is 110 cm³/mol. The van der Waals surface area contributed by atoms with Crippen LogP contribution in [0.4, 0.5) is 0 Å². The standard InChI is InChI=1S/C23H21N3O2/c1-4-19-17(11-13-21(24-19)26-14(2)8-9-15(26)3)18-7-5-6-16-10-12-20(23(27)28)25-22(16)18/h5-13H,4H2,1-3H3,(H,27,28). The van der Waals surface area contributed by atoms with Crippen LogP contribution in [0.25, 0.3) is 27.8 Å². The lowest BCUT2D eigenvalue weighted by molar-refractivity contribution is 0.0691. The molecule has 28 heavy (non-hydrogen) atoms. The van der Waals surface area contributed by atoms with Crippen molar-refractivity contribution in [2.75, 3.05) is 0 Å². The summed E-state index contributed by atoms with van der Waals surface area (Å²) in [6.07, 6.45) is 0.761. The molecule has 140 valence electrons. The van der Waals surface area contributed by atoms with Crippen molar-refractivity contribution < 1.29 is 9.90 Å². The number of aromatic nitrogens is 3. The van der Waals surface area contributed by atoms with E-state index in [1.807, 2.05) is 24.3 Å². The zero-order valence-corrected chi connectivity index (χ0v) is 16.1. The maximum Gasteiger partial charge on any atom is 0.354 e. The van der Waals surface area contributed by atoms with Gasteiger partial charge in [-0.1, -0.05) is 31.2 Å². The van der Waals surface area contributed by atoms with Gasteiger partial charge in [0.25, 0.3) is 0 Å². The Morgan fingerprint density at radius 2 is 1.68 bits per heavy atom. The highest BCUT2D eigenvalue weighted by Gasteiger charge is 2.14. The Hall–Kier alpha value is -3.47. The molecule has 0 unspecified atom stereocenters. The Labute approximate surface area is 163 Å². The molecule has 0 spiro atoms. The molecular weight excluding hydrogens is 350 g/mol. The molecule has 5 heteroatoms. The number of benzene rings is 1. The van der Waals surface area contributed by atoms with Gasteiger partial charge in [0.2, 0.25) is 0 Å². The van der Waals surface area contributed by atoms with Crippen LogP contribution in [0, 0.1) is 13.8 Å². The zero-order chi connectivity index (χ0) is 19.8. The maximum atomic E-state index is 11.4. The molecule has 0 fully saturated rings. The second kappa shape index (κ2) is 6.93. The molecule has 4 rings (SSSR count). The lowest BCUT2D eigenvalue weighted by Crippen LogP contribution is -2.05. The van der Waals surface area contributed by atoms with Gasteiger partial charge in [0.05, 0.1) is 11.2 Å². The molecule has 0 amide bonds. The molecule has 1 N–H and O–H groups in total. The highest BCUT2D eigenvalue weighted by Crippen LogP contribution is 2.31. The van der Waals surface area contributed by atoms with Crippen LogP contribution in [-0.2, 0) is 6.42 Å². The Kier molecular flexibility index (Phi) is 4.43. The van der Waals surface area contributed by atoms with Gasteiger partial charge in [-0.25, -0.2) is 14.8 Å². The maximum absolute atomic E-state index is 11.4. The molecule has 3 heterocycles. The number of hydrogen-bond donors (Lipinski definition) is 1. The third kappa shape index (κ3) is 2.95. The molecule has 0 aliphatic heterocycles. The van der Waals surface area contributed by atoms with E-state index in [9.17, 15) is 9.90 Å². The second-order valence-electron chi connectivity index (χ2n) is 6.85. The van der Waals surface area contributed by atoms with Crippen LogP contribution in [0.1, 0.15) is 34.5 Å². The molecule has 0 atom stereocenters. The highest BCUT2D eigenvalue weighted by atomic mass is 16.4. The fraction of sp³-hybridized carbons (Fsp3) is 0.174. The minimum Gasteiger partial charge on any atom is -0.477 e. The second-order valence-corrected chi connectivity index (χ2v) is 6.85. The van der Waals surface area contributed by atoms with Crippen LogP contribution in [0.3, 0.4) is 0 Å². The zero-order valence-electron chi connectivity index (χ0n) is 16.1. The third-order valence-corrected chi connectivity index (χ3v) is 5.02. The van der Waals surface area contributed by atoms with Crippen molar-refractivity contribution in [3.05, 3.63) is 77.4 Å². The molecule has 4 aromatic rings. The molecule has 3 aromatic heterocycles. The molecule has 0 aliphatic rings. The van der Waals surface area contributed by atoms with Gasteiger partial charge in [-0.2, -0.15) is 0 Å². The molecule has 1 aromatic carbocycles. The minimum atomic E-state index is -1.03. The van der Waals surface area contributed by atoms with E-state index < -0.39 is 5.97 Å². The summed E-state index contributed by atoms with van der Waals surface area (Å²) in [5.41, 5.74) is 5.84. The lowest BCUT2D eigenvalue weighted by atomic mass is 9.99. The molecule has 5 nitrogen and oxygen atoms in total. The summed E-state index contributed by atoms with van der Waals surface area (Å²) in [6, 6.07) is 17.5. The highest BCUT2D eigenvalue weighted by molar-refractivity contribution is 5.97. The van der Waals surface area contributed by atoms with E-state index >= 15 is 0 Å². The largest absolute Gasteiger partial charge is 0.477 e. The van der Waals surface area contributed by atoms with Crippen LogP contribution in [0.2, 0.25) is 0 Å². The number of aromatic carboxylic acids is 1. The number of aryl methyl sites for hydroxylation is 3. The smallest absolute Gasteiger partial charge is 0.354 e. The Morgan fingerprint density at radius 1 is 0.929 bits per heavy atom. The van der Waals surface area contributed by atoms with Crippen LogP contribution >= 0.6 is 0 Å². The van der Waals surface area contributed by atoms with Crippen LogP contribution < -0.4 is 0 Å². The first-order chi connectivity index (χ1) is 13.5. The van der Waals surface area contributed by atoms with Crippen molar-refractivity contribution >= 4 is 16.9 Å². The molecule has 0 bridgehead atoms. The van der Waals surface area contributed by atoms with Gasteiger partial charge in [-0.05, 0) is 50.6 Å². The Bertz CT molecular complexity index is 1190. The molecule has 0 aliphatic carbocycles. The summed E-state index contributed by atoms with van der Waals surface area (Å²) in [5.74, 6) is -0.139. The molecular formula is C23H21N3O2. The lowest BCUT2D eigenvalue weighted by Gasteiger charge is -2.14. The van der Waals surface area contributed by atoms with E-state index in [4.69, 9.17) is 4.98 Å². The summed E-state index contributed by atoms with van der Waals surface area (Å²) < 4.78 is 2.13. The fourth-order valence-electron chi connectivity index (χ4n) is 3.64. The van der Waals surface area contributed by atoms with Gasteiger partial charge in [0.15, 0.2) is 0 Å². The van der Waals surface area contributed by atoms with Crippen molar-refractivity contribution in [1.29, 1.82) is 0 Å². The van der Waals surface area contributed by atoms with E-state index in [0.717, 1.165) is 45.8 Å². The number of para-hydroxylation sites is 1. The number of nitrogens with zero attached hydrogens (tertiary/aromatic N) is 3. The first-order valence-corrected chi connectivity index (χ1v) is 9.28. The third-order valence-electron chi connectivity index (χ3n) is 5.02. The first-order valence-electron chi connectivity index (χ1n) is 9.28. The van der Waals surface area contributed by atoms with E-state index in [-0.39, 0.29) is 5.69 Å². The van der Waals surface area contributed by atoms with Crippen molar-refractivity contribution in [2.45, 2.75) is 27.2 Å². The first kappa shape index (κ1) is 17.9. The summed E-state index contributed by atoms with van der Waals surface area (Å²) >= 11 is 0. The average molecular weight is 371 g/mol. The number of hydrogen-bond acceptors (Lipinski definition) is 3. The number of fused-ring (bicyclic) bond motifs is 1. The van der Waals surface area contributed by atoms with Crippen LogP contribution in [0.5, 0.6) is 0 Å². The molecule has 0 radical (unpaired) electrons. The van der Waals surface area contributed by atoms with Crippen molar-refractivity contribution in [1.82, 2.24) is 14.5 Å². The van der Waals surface area contributed by atoms with E-state index in [1.165, 1.54) is 6.07 Å². The number of pyridine rings is 2. The molecule has 0 saturated heterocycles. The average Bonchev–Trinajstić information content (AvgIpc) is 3.04.